The maximum absolute atomic E-state index is 12.5. The van der Waals surface area contributed by atoms with E-state index in [4.69, 9.17) is 23.8 Å². The Bertz CT molecular complexity index is 988. The van der Waals surface area contributed by atoms with Crippen LogP contribution in [0.2, 0.25) is 5.02 Å². The molecule has 0 atom stereocenters. The molecule has 0 unspecified atom stereocenters. The van der Waals surface area contributed by atoms with Gasteiger partial charge in [-0.15, -0.1) is 0 Å². The highest BCUT2D eigenvalue weighted by atomic mass is 35.5. The van der Waals surface area contributed by atoms with Crippen molar-refractivity contribution in [3.63, 3.8) is 0 Å². The molecule has 3 N–H and O–H groups in total. The average molecular weight is 371 g/mol. The number of nitrogens with one attached hydrogen (secondary N) is 2. The van der Waals surface area contributed by atoms with E-state index in [-0.39, 0.29) is 16.4 Å². The van der Waals surface area contributed by atoms with Crippen LogP contribution in [0.5, 0.6) is 5.75 Å². The van der Waals surface area contributed by atoms with E-state index in [9.17, 15) is 9.90 Å². The average Bonchev–Trinajstić information content (AvgIpc) is 2.60. The summed E-state index contributed by atoms with van der Waals surface area (Å²) in [6.45, 7) is 1.77. The van der Waals surface area contributed by atoms with Crippen LogP contribution in [-0.4, -0.2) is 16.1 Å². The first-order chi connectivity index (χ1) is 12.0. The van der Waals surface area contributed by atoms with Gasteiger partial charge in [0.1, 0.15) is 5.75 Å². The monoisotopic (exact) mass is 370 g/mol. The van der Waals surface area contributed by atoms with Crippen LogP contribution >= 0.6 is 23.8 Å². The number of para-hydroxylation sites is 1. The van der Waals surface area contributed by atoms with Crippen LogP contribution in [0.1, 0.15) is 15.9 Å². The number of hydrogen-bond acceptors (Lipinski definition) is 3. The minimum Gasteiger partial charge on any atom is -0.507 e. The third kappa shape index (κ3) is 3.57. The fraction of sp³-hybridized carbons (Fsp3) is 0.0526. The van der Waals surface area contributed by atoms with Gasteiger partial charge in [0.25, 0.3) is 5.91 Å². The van der Waals surface area contributed by atoms with E-state index in [0.29, 0.717) is 16.3 Å². The molecular weight excluding hydrogens is 356 g/mol. The van der Waals surface area contributed by atoms with Gasteiger partial charge in [-0.25, -0.2) is 0 Å². The van der Waals surface area contributed by atoms with Gasteiger partial charge in [0.05, 0.1) is 16.3 Å². The molecule has 4 nitrogen and oxygen atoms in total. The molecule has 0 aliphatic heterocycles. The van der Waals surface area contributed by atoms with Crippen LogP contribution in [0, 0.1) is 6.92 Å². The Morgan fingerprint density at radius 3 is 2.56 bits per heavy atom. The number of carbonyl (C=O) groups is 1. The Morgan fingerprint density at radius 2 is 1.80 bits per heavy atom. The van der Waals surface area contributed by atoms with Crippen molar-refractivity contribution in [2.75, 3.05) is 5.32 Å². The standard InChI is InChI=1S/C19H15ClN2O2S/c1-11-13-7-3-2-6-12(13)10-14(17(11)23)18(24)22-19(25)21-16-9-5-4-8-15(16)20/h2-10,23H,1H3,(H2,21,22,24,25). The Kier molecular flexibility index (Phi) is 4.88. The predicted molar refractivity (Wildman–Crippen MR) is 105 cm³/mol. The fourth-order valence-electron chi connectivity index (χ4n) is 2.58. The van der Waals surface area contributed by atoms with Gasteiger partial charge in [-0.3, -0.25) is 10.1 Å². The molecule has 0 aromatic heterocycles. The second-order valence-corrected chi connectivity index (χ2v) is 6.32. The number of fused-ring (bicyclic) bond motifs is 1. The summed E-state index contributed by atoms with van der Waals surface area (Å²) in [6, 6.07) is 16.3. The van der Waals surface area contributed by atoms with Crippen molar-refractivity contribution >= 4 is 51.3 Å². The molecule has 3 aromatic rings. The number of amides is 1. The molecule has 0 fully saturated rings. The highest BCUT2D eigenvalue weighted by Gasteiger charge is 2.17. The fourth-order valence-corrected chi connectivity index (χ4v) is 2.96. The third-order valence-electron chi connectivity index (χ3n) is 3.87. The lowest BCUT2D eigenvalue weighted by atomic mass is 10.00. The van der Waals surface area contributed by atoms with E-state index in [2.05, 4.69) is 10.6 Å². The third-order valence-corrected chi connectivity index (χ3v) is 4.40. The molecule has 3 aromatic carbocycles. The lowest BCUT2D eigenvalue weighted by Gasteiger charge is -2.13. The summed E-state index contributed by atoms with van der Waals surface area (Å²) in [5.74, 6) is -0.548. The van der Waals surface area contributed by atoms with Gasteiger partial charge < -0.3 is 10.4 Å². The number of thiocarbonyl (C=S) groups is 1. The highest BCUT2D eigenvalue weighted by Crippen LogP contribution is 2.30. The summed E-state index contributed by atoms with van der Waals surface area (Å²) in [7, 11) is 0. The van der Waals surface area contributed by atoms with E-state index < -0.39 is 5.91 Å². The first-order valence-corrected chi connectivity index (χ1v) is 8.34. The zero-order valence-electron chi connectivity index (χ0n) is 13.3. The molecule has 0 spiro atoms. The smallest absolute Gasteiger partial charge is 0.261 e. The molecule has 0 saturated carbocycles. The predicted octanol–water partition coefficient (Wildman–Crippen LogP) is 4.63. The zero-order valence-corrected chi connectivity index (χ0v) is 14.9. The van der Waals surface area contributed by atoms with Gasteiger partial charge in [-0.1, -0.05) is 48.0 Å². The highest BCUT2D eigenvalue weighted by molar-refractivity contribution is 7.80. The van der Waals surface area contributed by atoms with Gasteiger partial charge in [0.2, 0.25) is 0 Å². The summed E-state index contributed by atoms with van der Waals surface area (Å²) in [6.07, 6.45) is 0. The number of phenols is 1. The molecule has 0 aliphatic rings. The number of hydrogen-bond donors (Lipinski definition) is 3. The topological polar surface area (TPSA) is 61.4 Å². The number of benzene rings is 3. The summed E-state index contributed by atoms with van der Waals surface area (Å²) >= 11 is 11.2. The molecule has 126 valence electrons. The second kappa shape index (κ2) is 7.09. The summed E-state index contributed by atoms with van der Waals surface area (Å²) < 4.78 is 0. The van der Waals surface area contributed by atoms with Crippen LogP contribution in [0.25, 0.3) is 10.8 Å². The van der Waals surface area contributed by atoms with Gasteiger partial charge >= 0.3 is 0 Å². The maximum atomic E-state index is 12.5. The Balaban J connectivity index is 1.84. The van der Waals surface area contributed by atoms with Crippen molar-refractivity contribution in [1.82, 2.24) is 5.32 Å². The molecule has 3 rings (SSSR count). The number of aryl methyl sites for hydroxylation is 1. The molecule has 0 saturated heterocycles. The van der Waals surface area contributed by atoms with Crippen molar-refractivity contribution in [1.29, 1.82) is 0 Å². The largest absolute Gasteiger partial charge is 0.507 e. The van der Waals surface area contributed by atoms with Crippen molar-refractivity contribution < 1.29 is 9.90 Å². The number of anilines is 1. The van der Waals surface area contributed by atoms with Crippen LogP contribution in [0.3, 0.4) is 0 Å². The van der Waals surface area contributed by atoms with E-state index in [0.717, 1.165) is 10.8 Å². The Labute approximate surface area is 155 Å². The van der Waals surface area contributed by atoms with Crippen molar-refractivity contribution in [3.05, 3.63) is 70.7 Å². The molecule has 0 aliphatic carbocycles. The van der Waals surface area contributed by atoms with Crippen LogP contribution in [-0.2, 0) is 0 Å². The number of phenolic OH excluding ortho intramolecular Hbond substituents is 1. The summed E-state index contributed by atoms with van der Waals surface area (Å²) in [5, 5.41) is 18.2. The SMILES string of the molecule is Cc1c(O)c(C(=O)NC(=S)Nc2ccccc2Cl)cc2ccccc12. The number of rotatable bonds is 2. The van der Waals surface area contributed by atoms with Crippen LogP contribution in [0.15, 0.2) is 54.6 Å². The van der Waals surface area contributed by atoms with E-state index in [1.165, 1.54) is 0 Å². The second-order valence-electron chi connectivity index (χ2n) is 5.51. The number of carbonyl (C=O) groups excluding carboxylic acids is 1. The van der Waals surface area contributed by atoms with Crippen molar-refractivity contribution in [2.24, 2.45) is 0 Å². The van der Waals surface area contributed by atoms with E-state index in [1.54, 1.807) is 37.3 Å². The minimum absolute atomic E-state index is 0.0586. The molecule has 6 heteroatoms. The minimum atomic E-state index is -0.490. The Morgan fingerprint density at radius 1 is 1.12 bits per heavy atom. The number of aromatic hydroxyl groups is 1. The molecular formula is C19H15ClN2O2S. The van der Waals surface area contributed by atoms with Crippen molar-refractivity contribution in [3.8, 4) is 5.75 Å². The first kappa shape index (κ1) is 17.2. The van der Waals surface area contributed by atoms with E-state index >= 15 is 0 Å². The molecule has 0 radical (unpaired) electrons. The quantitative estimate of drug-likeness (QED) is 0.575. The lowest BCUT2D eigenvalue weighted by Crippen LogP contribution is -2.34. The van der Waals surface area contributed by atoms with Gasteiger partial charge in [-0.2, -0.15) is 0 Å². The molecule has 1 amide bonds. The molecule has 0 bridgehead atoms. The number of halogens is 1. The van der Waals surface area contributed by atoms with Gasteiger partial charge in [-0.05, 0) is 53.7 Å². The zero-order chi connectivity index (χ0) is 18.0. The van der Waals surface area contributed by atoms with Crippen LogP contribution < -0.4 is 10.6 Å². The van der Waals surface area contributed by atoms with Gasteiger partial charge in [0.15, 0.2) is 5.11 Å². The molecule has 0 heterocycles. The Hall–Kier alpha value is -2.63. The first-order valence-electron chi connectivity index (χ1n) is 7.55. The maximum Gasteiger partial charge on any atom is 0.261 e. The lowest BCUT2D eigenvalue weighted by molar-refractivity contribution is 0.0975. The normalized spacial score (nSPS) is 10.5. The van der Waals surface area contributed by atoms with Crippen molar-refractivity contribution in [2.45, 2.75) is 6.92 Å². The van der Waals surface area contributed by atoms with Crippen LogP contribution in [0.4, 0.5) is 5.69 Å². The summed E-state index contributed by atoms with van der Waals surface area (Å²) in [5.41, 5.74) is 1.40. The molecule has 25 heavy (non-hydrogen) atoms. The van der Waals surface area contributed by atoms with Gasteiger partial charge in [0, 0.05) is 0 Å². The van der Waals surface area contributed by atoms with E-state index in [1.807, 2.05) is 24.3 Å². The summed E-state index contributed by atoms with van der Waals surface area (Å²) in [4.78, 5) is 12.5.